The average molecular weight is 402 g/mol. The quantitative estimate of drug-likeness (QED) is 0.566. The van der Waals surface area contributed by atoms with Gasteiger partial charge in [0.15, 0.2) is 0 Å². The van der Waals surface area contributed by atoms with Crippen molar-refractivity contribution in [1.82, 2.24) is 14.5 Å². The highest BCUT2D eigenvalue weighted by Crippen LogP contribution is 2.29. The molecule has 7 heteroatoms. The van der Waals surface area contributed by atoms with E-state index in [2.05, 4.69) is 9.97 Å². The summed E-state index contributed by atoms with van der Waals surface area (Å²) in [6.45, 7) is 0. The van der Waals surface area contributed by atoms with E-state index in [1.807, 2.05) is 24.3 Å². The molecule has 0 spiro atoms. The zero-order valence-corrected chi connectivity index (χ0v) is 16.3. The summed E-state index contributed by atoms with van der Waals surface area (Å²) in [4.78, 5) is 21.3. The number of nitriles is 1. The highest BCUT2D eigenvalue weighted by Gasteiger charge is 2.15. The molecule has 4 aromatic rings. The number of nitrogens with zero attached hydrogens (tertiary/aromatic N) is 4. The number of benzene rings is 1. The Hall–Kier alpha value is -3.53. The third kappa shape index (κ3) is 3.49. The molecule has 29 heavy (non-hydrogen) atoms. The van der Waals surface area contributed by atoms with Gasteiger partial charge in [0.05, 0.1) is 11.7 Å². The van der Waals surface area contributed by atoms with Crippen LogP contribution in [0.5, 0.6) is 0 Å². The van der Waals surface area contributed by atoms with E-state index in [-0.39, 0.29) is 11.3 Å². The Balaban J connectivity index is 1.93. The van der Waals surface area contributed by atoms with E-state index in [1.54, 1.807) is 43.6 Å². The van der Waals surface area contributed by atoms with Crippen LogP contribution in [0, 0.1) is 11.3 Å². The van der Waals surface area contributed by atoms with Crippen molar-refractivity contribution in [3.05, 3.63) is 93.0 Å². The van der Waals surface area contributed by atoms with Crippen molar-refractivity contribution in [1.29, 1.82) is 5.26 Å². The molecule has 0 amide bonds. The lowest BCUT2D eigenvalue weighted by Crippen LogP contribution is -2.18. The van der Waals surface area contributed by atoms with Gasteiger partial charge in [-0.15, -0.1) is 0 Å². The molecule has 1 aromatic carbocycles. The molecule has 0 radical (unpaired) electrons. The van der Waals surface area contributed by atoms with Gasteiger partial charge in [0.2, 0.25) is 0 Å². The molecule has 0 aliphatic rings. The fourth-order valence-electron chi connectivity index (χ4n) is 3.23. The molecule has 1 unspecified atom stereocenters. The molecule has 0 bridgehead atoms. The second kappa shape index (κ2) is 7.47. The number of aromatic nitrogens is 3. The van der Waals surface area contributed by atoms with Crippen LogP contribution in [0.15, 0.2) is 65.6 Å². The highest BCUT2D eigenvalue weighted by molar-refractivity contribution is 6.30. The molecule has 2 N–H and O–H groups in total. The minimum atomic E-state index is -0.410. The van der Waals surface area contributed by atoms with E-state index >= 15 is 0 Å². The van der Waals surface area contributed by atoms with Crippen LogP contribution in [-0.4, -0.2) is 14.5 Å². The monoisotopic (exact) mass is 401 g/mol. The molecule has 0 fully saturated rings. The number of nitrogens with two attached hydrogens (primary N) is 1. The Labute approximate surface area is 171 Å². The maximum Gasteiger partial charge on any atom is 0.252 e. The normalized spacial score (nSPS) is 11.9. The molecule has 0 saturated carbocycles. The fourth-order valence-corrected chi connectivity index (χ4v) is 3.36. The Kier molecular flexibility index (Phi) is 4.85. The van der Waals surface area contributed by atoms with Gasteiger partial charge in [-0.2, -0.15) is 5.26 Å². The van der Waals surface area contributed by atoms with Crippen LogP contribution in [0.1, 0.15) is 22.9 Å². The number of halogens is 1. The Morgan fingerprint density at radius 1 is 1.14 bits per heavy atom. The third-order valence-electron chi connectivity index (χ3n) is 4.82. The lowest BCUT2D eigenvalue weighted by Gasteiger charge is -2.15. The topological polar surface area (TPSA) is 97.6 Å². The Morgan fingerprint density at radius 3 is 2.62 bits per heavy atom. The van der Waals surface area contributed by atoms with Crippen molar-refractivity contribution in [2.75, 3.05) is 0 Å². The molecule has 6 nitrogen and oxygen atoms in total. The largest absolute Gasteiger partial charge is 0.320 e. The van der Waals surface area contributed by atoms with Crippen molar-refractivity contribution in [2.24, 2.45) is 12.8 Å². The molecule has 3 heterocycles. The molecule has 3 aromatic heterocycles. The Morgan fingerprint density at radius 2 is 1.90 bits per heavy atom. The van der Waals surface area contributed by atoms with Crippen LogP contribution in [-0.2, 0) is 7.05 Å². The van der Waals surface area contributed by atoms with E-state index in [0.717, 1.165) is 16.5 Å². The number of hydrogen-bond donors (Lipinski definition) is 1. The summed E-state index contributed by atoms with van der Waals surface area (Å²) in [5, 5.41) is 10.5. The van der Waals surface area contributed by atoms with Crippen LogP contribution >= 0.6 is 11.6 Å². The first-order valence-electron chi connectivity index (χ1n) is 8.86. The standard InChI is InChI=1S/C22H16ClN5O/c1-28-20(29)10-17(19-4-2-3-16(11-24)27-19)18-9-14(12-26-22(18)28)21(25)13-5-7-15(23)8-6-13/h2-10,12,21H,25H2,1H3. The van der Waals surface area contributed by atoms with Gasteiger partial charge in [-0.1, -0.05) is 29.8 Å². The maximum absolute atomic E-state index is 12.4. The molecule has 4 rings (SSSR count). The molecule has 142 valence electrons. The SMILES string of the molecule is Cn1c(=O)cc(-c2cccc(C#N)n2)c2cc(C(N)c3ccc(Cl)cc3)cnc21. The molecular formula is C22H16ClN5O. The maximum atomic E-state index is 12.4. The van der Waals surface area contributed by atoms with E-state index < -0.39 is 6.04 Å². The molecule has 0 saturated heterocycles. The minimum absolute atomic E-state index is 0.209. The van der Waals surface area contributed by atoms with Crippen LogP contribution < -0.4 is 11.3 Å². The summed E-state index contributed by atoms with van der Waals surface area (Å²) in [6, 6.07) is 17.5. The molecular weight excluding hydrogens is 386 g/mol. The van der Waals surface area contributed by atoms with Crippen molar-refractivity contribution in [3.63, 3.8) is 0 Å². The Bertz CT molecular complexity index is 1320. The van der Waals surface area contributed by atoms with Gasteiger partial charge in [0.25, 0.3) is 5.56 Å². The van der Waals surface area contributed by atoms with Crippen molar-refractivity contribution in [3.8, 4) is 17.3 Å². The lowest BCUT2D eigenvalue weighted by atomic mass is 9.98. The average Bonchev–Trinajstić information content (AvgIpc) is 2.76. The van der Waals surface area contributed by atoms with Crippen molar-refractivity contribution in [2.45, 2.75) is 6.04 Å². The van der Waals surface area contributed by atoms with Crippen molar-refractivity contribution >= 4 is 22.6 Å². The lowest BCUT2D eigenvalue weighted by molar-refractivity contribution is 0.854. The summed E-state index contributed by atoms with van der Waals surface area (Å²) in [5.74, 6) is 0. The number of aryl methyl sites for hydroxylation is 1. The van der Waals surface area contributed by atoms with Gasteiger partial charge in [-0.05, 0) is 41.5 Å². The third-order valence-corrected chi connectivity index (χ3v) is 5.07. The van der Waals surface area contributed by atoms with Gasteiger partial charge in [-0.25, -0.2) is 9.97 Å². The van der Waals surface area contributed by atoms with Crippen LogP contribution in [0.25, 0.3) is 22.3 Å². The number of hydrogen-bond acceptors (Lipinski definition) is 5. The first-order valence-corrected chi connectivity index (χ1v) is 9.24. The van der Waals surface area contributed by atoms with Gasteiger partial charge in [0, 0.05) is 35.3 Å². The van der Waals surface area contributed by atoms with Crippen molar-refractivity contribution < 1.29 is 0 Å². The van der Waals surface area contributed by atoms with Crippen LogP contribution in [0.3, 0.4) is 0 Å². The minimum Gasteiger partial charge on any atom is -0.320 e. The van der Waals surface area contributed by atoms with Crippen LogP contribution in [0.2, 0.25) is 5.02 Å². The summed E-state index contributed by atoms with van der Waals surface area (Å²) in [5.41, 5.74) is 9.86. The number of rotatable bonds is 3. The summed E-state index contributed by atoms with van der Waals surface area (Å²) < 4.78 is 1.48. The summed E-state index contributed by atoms with van der Waals surface area (Å²) in [6.07, 6.45) is 1.67. The van der Waals surface area contributed by atoms with E-state index in [0.29, 0.717) is 21.9 Å². The van der Waals surface area contributed by atoms with E-state index in [4.69, 9.17) is 22.6 Å². The predicted molar refractivity (Wildman–Crippen MR) is 112 cm³/mol. The molecule has 1 atom stereocenters. The zero-order valence-electron chi connectivity index (χ0n) is 15.5. The molecule has 0 aliphatic heterocycles. The van der Waals surface area contributed by atoms with Gasteiger partial charge in [0.1, 0.15) is 17.4 Å². The second-order valence-electron chi connectivity index (χ2n) is 6.64. The van der Waals surface area contributed by atoms with Crippen LogP contribution in [0.4, 0.5) is 0 Å². The highest BCUT2D eigenvalue weighted by atomic mass is 35.5. The van der Waals surface area contributed by atoms with Gasteiger partial charge >= 0.3 is 0 Å². The predicted octanol–water partition coefficient (Wildman–Crippen LogP) is 3.57. The van der Waals surface area contributed by atoms with E-state index in [9.17, 15) is 4.79 Å². The smallest absolute Gasteiger partial charge is 0.252 e. The number of pyridine rings is 3. The fraction of sp³-hybridized carbons (Fsp3) is 0.0909. The first kappa shape index (κ1) is 18.8. The molecule has 0 aliphatic carbocycles. The summed E-state index contributed by atoms with van der Waals surface area (Å²) >= 11 is 5.97. The zero-order chi connectivity index (χ0) is 20.5. The first-order chi connectivity index (χ1) is 14.0. The summed E-state index contributed by atoms with van der Waals surface area (Å²) in [7, 11) is 1.67. The van der Waals surface area contributed by atoms with E-state index in [1.165, 1.54) is 10.6 Å². The second-order valence-corrected chi connectivity index (χ2v) is 7.08. The van der Waals surface area contributed by atoms with Gasteiger partial charge in [-0.3, -0.25) is 9.36 Å². The number of fused-ring (bicyclic) bond motifs is 1. The van der Waals surface area contributed by atoms with Gasteiger partial charge < -0.3 is 5.73 Å².